The Kier molecular flexibility index (Phi) is 2.42. The monoisotopic (exact) mass is 251 g/mol. The predicted octanol–water partition coefficient (Wildman–Crippen LogP) is 3.31. The van der Waals surface area contributed by atoms with Crippen molar-refractivity contribution >= 4 is 26.7 Å². The van der Waals surface area contributed by atoms with Crippen molar-refractivity contribution in [1.29, 1.82) is 0 Å². The summed E-state index contributed by atoms with van der Waals surface area (Å²) in [5, 5.41) is 2.26. The zero-order valence-electron chi connectivity index (χ0n) is 8.04. The molecule has 2 aromatic rings. The molecule has 1 aromatic heterocycles. The van der Waals surface area contributed by atoms with Crippen molar-refractivity contribution in [2.45, 2.75) is 6.92 Å². The van der Waals surface area contributed by atoms with Crippen LogP contribution in [0.3, 0.4) is 0 Å². The molecule has 0 radical (unpaired) electrons. The maximum absolute atomic E-state index is 5.23. The maximum Gasteiger partial charge on any atom is 0.133 e. The van der Waals surface area contributed by atoms with Crippen molar-refractivity contribution in [3.05, 3.63) is 34.6 Å². The van der Waals surface area contributed by atoms with E-state index in [2.05, 4.69) is 20.9 Å². The van der Waals surface area contributed by atoms with E-state index in [4.69, 9.17) is 4.74 Å². The lowest BCUT2D eigenvalue weighted by Gasteiger charge is -2.05. The quantitative estimate of drug-likeness (QED) is 0.776. The normalized spacial score (nSPS) is 10.5. The Bertz CT molecular complexity index is 482. The Balaban J connectivity index is 2.73. The van der Waals surface area contributed by atoms with Gasteiger partial charge in [-0.15, -0.1) is 0 Å². The lowest BCUT2D eigenvalue weighted by Crippen LogP contribution is -1.86. The molecule has 0 aliphatic rings. The van der Waals surface area contributed by atoms with Gasteiger partial charge in [0.05, 0.1) is 11.6 Å². The Morgan fingerprint density at radius 2 is 2.00 bits per heavy atom. The summed E-state index contributed by atoms with van der Waals surface area (Å²) in [6.45, 7) is 1.98. The first-order valence-electron chi connectivity index (χ1n) is 4.30. The predicted molar refractivity (Wildman–Crippen MR) is 60.7 cm³/mol. The minimum Gasteiger partial charge on any atom is -0.496 e. The number of aryl methyl sites for hydroxylation is 1. The van der Waals surface area contributed by atoms with Gasteiger partial charge in [0.15, 0.2) is 0 Å². The number of nitrogens with zero attached hydrogens (tertiary/aromatic N) is 1. The van der Waals surface area contributed by atoms with E-state index >= 15 is 0 Å². The lowest BCUT2D eigenvalue weighted by atomic mass is 10.1. The van der Waals surface area contributed by atoms with Gasteiger partial charge in [-0.05, 0) is 46.4 Å². The molecule has 14 heavy (non-hydrogen) atoms. The van der Waals surface area contributed by atoms with Crippen LogP contribution in [-0.2, 0) is 0 Å². The molecule has 2 rings (SSSR count). The summed E-state index contributed by atoms with van der Waals surface area (Å²) in [6, 6.07) is 6.07. The van der Waals surface area contributed by atoms with Crippen LogP contribution in [0.25, 0.3) is 10.8 Å². The number of benzene rings is 1. The largest absolute Gasteiger partial charge is 0.496 e. The summed E-state index contributed by atoms with van der Waals surface area (Å²) < 4.78 is 6.18. The number of fused-ring (bicyclic) bond motifs is 1. The molecule has 1 heterocycles. The SMILES string of the molecule is COc1cc2cc(C)ncc2cc1Br. The first-order chi connectivity index (χ1) is 6.70. The third-order valence-electron chi connectivity index (χ3n) is 2.13. The second-order valence-electron chi connectivity index (χ2n) is 3.16. The molecule has 0 atom stereocenters. The number of hydrogen-bond donors (Lipinski definition) is 0. The number of aromatic nitrogens is 1. The van der Waals surface area contributed by atoms with Crippen molar-refractivity contribution in [2.24, 2.45) is 0 Å². The van der Waals surface area contributed by atoms with Crippen LogP contribution >= 0.6 is 15.9 Å². The van der Waals surface area contributed by atoms with Crippen LogP contribution in [0.5, 0.6) is 5.75 Å². The molecular formula is C11H10BrNO. The molecular weight excluding hydrogens is 242 g/mol. The smallest absolute Gasteiger partial charge is 0.133 e. The minimum atomic E-state index is 0.850. The Hall–Kier alpha value is -1.09. The van der Waals surface area contributed by atoms with Crippen LogP contribution in [0.2, 0.25) is 0 Å². The highest BCUT2D eigenvalue weighted by molar-refractivity contribution is 9.10. The second kappa shape index (κ2) is 3.58. The van der Waals surface area contributed by atoms with Gasteiger partial charge in [0, 0.05) is 17.3 Å². The molecule has 3 heteroatoms. The Morgan fingerprint density at radius 3 is 2.71 bits per heavy atom. The Morgan fingerprint density at radius 1 is 1.21 bits per heavy atom. The van der Waals surface area contributed by atoms with Crippen molar-refractivity contribution in [2.75, 3.05) is 7.11 Å². The second-order valence-corrected chi connectivity index (χ2v) is 4.01. The summed E-state index contributed by atoms with van der Waals surface area (Å²) >= 11 is 3.44. The molecule has 0 saturated heterocycles. The van der Waals surface area contributed by atoms with Gasteiger partial charge in [-0.25, -0.2) is 0 Å². The number of ether oxygens (including phenoxy) is 1. The standard InChI is InChI=1S/C11H10BrNO/c1-7-3-8-5-11(14-2)10(12)4-9(8)6-13-7/h3-6H,1-2H3. The highest BCUT2D eigenvalue weighted by atomic mass is 79.9. The zero-order valence-corrected chi connectivity index (χ0v) is 9.63. The van der Waals surface area contributed by atoms with E-state index in [1.807, 2.05) is 31.3 Å². The van der Waals surface area contributed by atoms with Crippen molar-refractivity contribution in [3.63, 3.8) is 0 Å². The third kappa shape index (κ3) is 1.60. The number of rotatable bonds is 1. The van der Waals surface area contributed by atoms with E-state index in [0.717, 1.165) is 26.7 Å². The first kappa shape index (κ1) is 9.46. The van der Waals surface area contributed by atoms with E-state index in [0.29, 0.717) is 0 Å². The molecule has 72 valence electrons. The average molecular weight is 252 g/mol. The number of halogens is 1. The fourth-order valence-electron chi connectivity index (χ4n) is 1.41. The van der Waals surface area contributed by atoms with Gasteiger partial charge < -0.3 is 4.74 Å². The number of hydrogen-bond acceptors (Lipinski definition) is 2. The van der Waals surface area contributed by atoms with Crippen molar-refractivity contribution < 1.29 is 4.74 Å². The highest BCUT2D eigenvalue weighted by Gasteiger charge is 2.02. The zero-order chi connectivity index (χ0) is 10.1. The number of pyridine rings is 1. The first-order valence-corrected chi connectivity index (χ1v) is 5.10. The fourth-order valence-corrected chi connectivity index (χ4v) is 1.93. The van der Waals surface area contributed by atoms with Crippen molar-refractivity contribution in [1.82, 2.24) is 4.98 Å². The van der Waals surface area contributed by atoms with E-state index in [-0.39, 0.29) is 0 Å². The minimum absolute atomic E-state index is 0.850. The van der Waals surface area contributed by atoms with Gasteiger partial charge in [-0.2, -0.15) is 0 Å². The molecule has 0 aliphatic carbocycles. The molecule has 2 nitrogen and oxygen atoms in total. The Labute approximate surface area is 91.0 Å². The van der Waals surface area contributed by atoms with Gasteiger partial charge in [0.2, 0.25) is 0 Å². The van der Waals surface area contributed by atoms with Crippen molar-refractivity contribution in [3.8, 4) is 5.75 Å². The molecule has 0 amide bonds. The van der Waals surface area contributed by atoms with Crippen LogP contribution in [0.15, 0.2) is 28.9 Å². The van der Waals surface area contributed by atoms with Crippen LogP contribution in [0.1, 0.15) is 5.69 Å². The van der Waals surface area contributed by atoms with Gasteiger partial charge in [0.1, 0.15) is 5.75 Å². The molecule has 0 spiro atoms. The van der Waals surface area contributed by atoms with E-state index < -0.39 is 0 Å². The molecule has 1 aromatic carbocycles. The van der Waals surface area contributed by atoms with E-state index in [1.54, 1.807) is 7.11 Å². The summed E-state index contributed by atoms with van der Waals surface area (Å²) in [5.74, 6) is 0.850. The van der Waals surface area contributed by atoms with Gasteiger partial charge in [-0.1, -0.05) is 0 Å². The van der Waals surface area contributed by atoms with Crippen LogP contribution in [0.4, 0.5) is 0 Å². The average Bonchev–Trinajstić information content (AvgIpc) is 2.17. The molecule has 0 aliphatic heterocycles. The lowest BCUT2D eigenvalue weighted by molar-refractivity contribution is 0.413. The molecule has 0 saturated carbocycles. The third-order valence-corrected chi connectivity index (χ3v) is 2.75. The number of methoxy groups -OCH3 is 1. The molecule has 0 N–H and O–H groups in total. The van der Waals surface area contributed by atoms with Gasteiger partial charge in [0.25, 0.3) is 0 Å². The van der Waals surface area contributed by atoms with Crippen LogP contribution < -0.4 is 4.74 Å². The van der Waals surface area contributed by atoms with Crippen LogP contribution in [0, 0.1) is 6.92 Å². The summed E-state index contributed by atoms with van der Waals surface area (Å²) in [4.78, 5) is 4.24. The summed E-state index contributed by atoms with van der Waals surface area (Å²) in [5.41, 5.74) is 1.02. The summed E-state index contributed by atoms with van der Waals surface area (Å²) in [7, 11) is 1.67. The van der Waals surface area contributed by atoms with Gasteiger partial charge >= 0.3 is 0 Å². The van der Waals surface area contributed by atoms with E-state index in [1.165, 1.54) is 0 Å². The van der Waals surface area contributed by atoms with Crippen LogP contribution in [-0.4, -0.2) is 12.1 Å². The topological polar surface area (TPSA) is 22.1 Å². The fraction of sp³-hybridized carbons (Fsp3) is 0.182. The highest BCUT2D eigenvalue weighted by Crippen LogP contribution is 2.29. The van der Waals surface area contributed by atoms with E-state index in [9.17, 15) is 0 Å². The molecule has 0 bridgehead atoms. The van der Waals surface area contributed by atoms with Gasteiger partial charge in [-0.3, -0.25) is 4.98 Å². The maximum atomic E-state index is 5.23. The summed E-state index contributed by atoms with van der Waals surface area (Å²) in [6.07, 6.45) is 1.87. The molecule has 0 fully saturated rings. The molecule has 0 unspecified atom stereocenters.